The number of rotatable bonds is 4. The van der Waals surface area contributed by atoms with Gasteiger partial charge in [-0.25, -0.2) is 4.79 Å². The third-order valence-electron chi connectivity index (χ3n) is 3.71. The van der Waals surface area contributed by atoms with Crippen LogP contribution in [0, 0.1) is 6.92 Å². The van der Waals surface area contributed by atoms with Crippen LogP contribution in [0.25, 0.3) is 0 Å². The van der Waals surface area contributed by atoms with E-state index in [1.54, 1.807) is 13.0 Å². The van der Waals surface area contributed by atoms with Gasteiger partial charge in [0.25, 0.3) is 0 Å². The van der Waals surface area contributed by atoms with Crippen molar-refractivity contribution in [2.24, 2.45) is 0 Å². The van der Waals surface area contributed by atoms with E-state index in [0.29, 0.717) is 17.4 Å². The van der Waals surface area contributed by atoms with Crippen molar-refractivity contribution in [2.75, 3.05) is 27.2 Å². The molecule has 20 heavy (non-hydrogen) atoms. The van der Waals surface area contributed by atoms with Gasteiger partial charge < -0.3 is 14.5 Å². The summed E-state index contributed by atoms with van der Waals surface area (Å²) in [4.78, 5) is 13.8. The molecule has 1 aromatic rings. The molecule has 0 atom stereocenters. The third-order valence-corrected chi connectivity index (χ3v) is 3.71. The summed E-state index contributed by atoms with van der Waals surface area (Å²) < 4.78 is 10.4. The maximum absolute atomic E-state index is 11.5. The van der Waals surface area contributed by atoms with Gasteiger partial charge in [0.1, 0.15) is 17.1 Å². The van der Waals surface area contributed by atoms with Crippen LogP contribution in [-0.4, -0.2) is 44.2 Å². The Morgan fingerprint density at radius 1 is 1.50 bits per heavy atom. The van der Waals surface area contributed by atoms with E-state index >= 15 is 0 Å². The average Bonchev–Trinajstić information content (AvgIpc) is 2.79. The number of hydrogen-bond donors (Lipinski definition) is 1. The Kier molecular flexibility index (Phi) is 6.52. The van der Waals surface area contributed by atoms with Gasteiger partial charge in [-0.15, -0.1) is 12.4 Å². The molecule has 6 heteroatoms. The minimum absolute atomic E-state index is 0. The van der Waals surface area contributed by atoms with E-state index in [9.17, 15) is 4.79 Å². The van der Waals surface area contributed by atoms with Gasteiger partial charge in [0, 0.05) is 6.04 Å². The lowest BCUT2D eigenvalue weighted by molar-refractivity contribution is 0.0599. The highest BCUT2D eigenvalue weighted by molar-refractivity contribution is 5.90. The van der Waals surface area contributed by atoms with E-state index in [4.69, 9.17) is 9.15 Å². The smallest absolute Gasteiger partial charge is 0.341 e. The topological polar surface area (TPSA) is 54.7 Å². The fraction of sp³-hybridized carbons (Fsp3) is 0.643. The molecule has 1 aliphatic heterocycles. The number of methoxy groups -OCH3 is 1. The summed E-state index contributed by atoms with van der Waals surface area (Å²) in [5, 5.41) is 3.36. The molecule has 0 aromatic carbocycles. The molecular formula is C14H23ClN2O3. The van der Waals surface area contributed by atoms with Gasteiger partial charge in [-0.3, -0.25) is 4.90 Å². The molecule has 2 heterocycles. The highest BCUT2D eigenvalue weighted by Gasteiger charge is 2.21. The summed E-state index contributed by atoms with van der Waals surface area (Å²) in [5.74, 6) is 1.11. The molecule has 0 aliphatic carbocycles. The first kappa shape index (κ1) is 17.0. The molecule has 0 bridgehead atoms. The number of nitrogens with zero attached hydrogens (tertiary/aromatic N) is 1. The summed E-state index contributed by atoms with van der Waals surface area (Å²) >= 11 is 0. The molecule has 1 N–H and O–H groups in total. The third kappa shape index (κ3) is 3.98. The minimum atomic E-state index is -0.336. The number of aryl methyl sites for hydroxylation is 1. The second-order valence-electron chi connectivity index (χ2n) is 5.07. The van der Waals surface area contributed by atoms with E-state index in [-0.39, 0.29) is 18.4 Å². The van der Waals surface area contributed by atoms with Gasteiger partial charge >= 0.3 is 5.97 Å². The van der Waals surface area contributed by atoms with Crippen LogP contribution < -0.4 is 5.32 Å². The van der Waals surface area contributed by atoms with Crippen molar-refractivity contribution in [3.63, 3.8) is 0 Å². The minimum Gasteiger partial charge on any atom is -0.465 e. The quantitative estimate of drug-likeness (QED) is 0.862. The molecule has 2 rings (SSSR count). The van der Waals surface area contributed by atoms with Gasteiger partial charge in [0.05, 0.1) is 13.7 Å². The van der Waals surface area contributed by atoms with Crippen molar-refractivity contribution in [3.05, 3.63) is 23.2 Å². The Bertz CT molecular complexity index is 442. The molecule has 1 aliphatic rings. The predicted octanol–water partition coefficient (Wildman–Crippen LogP) is 1.98. The molecule has 0 saturated carbocycles. The predicted molar refractivity (Wildman–Crippen MR) is 79.4 cm³/mol. The number of ether oxygens (including phenoxy) is 1. The summed E-state index contributed by atoms with van der Waals surface area (Å²) in [6.07, 6.45) is 2.31. The van der Waals surface area contributed by atoms with Crippen molar-refractivity contribution in [1.29, 1.82) is 0 Å². The Balaban J connectivity index is 0.00000200. The van der Waals surface area contributed by atoms with Crippen LogP contribution in [0.5, 0.6) is 0 Å². The number of carbonyl (C=O) groups excluding carboxylic acids is 1. The number of nitrogens with one attached hydrogen (secondary N) is 1. The Morgan fingerprint density at radius 2 is 2.15 bits per heavy atom. The summed E-state index contributed by atoms with van der Waals surface area (Å²) in [5.41, 5.74) is 0.524. The fourth-order valence-electron chi connectivity index (χ4n) is 2.56. The molecule has 0 unspecified atom stereocenters. The van der Waals surface area contributed by atoms with Crippen molar-refractivity contribution < 1.29 is 13.9 Å². The number of furan rings is 1. The van der Waals surface area contributed by atoms with E-state index in [0.717, 1.165) is 38.2 Å². The Morgan fingerprint density at radius 3 is 2.75 bits per heavy atom. The first-order valence-corrected chi connectivity index (χ1v) is 6.70. The number of piperidine rings is 1. The van der Waals surface area contributed by atoms with Gasteiger partial charge in [-0.05, 0) is 46.0 Å². The average molecular weight is 303 g/mol. The Labute approximate surface area is 126 Å². The normalized spacial score (nSPS) is 16.0. The SMILES string of the molecule is COC(=O)c1cc(CN(C)C2CCNCC2)oc1C.Cl. The van der Waals surface area contributed by atoms with Crippen LogP contribution in [0.2, 0.25) is 0 Å². The van der Waals surface area contributed by atoms with Crippen molar-refractivity contribution in [3.8, 4) is 0 Å². The van der Waals surface area contributed by atoms with E-state index in [1.165, 1.54) is 7.11 Å². The number of carbonyl (C=O) groups is 1. The second kappa shape index (κ2) is 7.67. The van der Waals surface area contributed by atoms with Gasteiger partial charge in [0.15, 0.2) is 0 Å². The lowest BCUT2D eigenvalue weighted by Gasteiger charge is -2.30. The van der Waals surface area contributed by atoms with Crippen molar-refractivity contribution in [2.45, 2.75) is 32.4 Å². The molecule has 114 valence electrons. The Hall–Kier alpha value is -1.04. The molecule has 5 nitrogen and oxygen atoms in total. The molecule has 0 amide bonds. The molecule has 0 spiro atoms. The zero-order chi connectivity index (χ0) is 13.8. The zero-order valence-corrected chi connectivity index (χ0v) is 13.1. The molecule has 1 saturated heterocycles. The van der Waals surface area contributed by atoms with Crippen LogP contribution in [-0.2, 0) is 11.3 Å². The van der Waals surface area contributed by atoms with Crippen molar-refractivity contribution in [1.82, 2.24) is 10.2 Å². The maximum Gasteiger partial charge on any atom is 0.341 e. The van der Waals surface area contributed by atoms with Crippen LogP contribution in [0.3, 0.4) is 0 Å². The maximum atomic E-state index is 11.5. The molecule has 1 fully saturated rings. The van der Waals surface area contributed by atoms with Gasteiger partial charge in [-0.1, -0.05) is 0 Å². The van der Waals surface area contributed by atoms with E-state index in [2.05, 4.69) is 17.3 Å². The number of esters is 1. The van der Waals surface area contributed by atoms with Crippen molar-refractivity contribution >= 4 is 18.4 Å². The number of halogens is 1. The number of hydrogen-bond acceptors (Lipinski definition) is 5. The highest BCUT2D eigenvalue weighted by Crippen LogP contribution is 2.19. The van der Waals surface area contributed by atoms with Crippen LogP contribution in [0.4, 0.5) is 0 Å². The second-order valence-corrected chi connectivity index (χ2v) is 5.07. The van der Waals surface area contributed by atoms with Crippen LogP contribution >= 0.6 is 12.4 Å². The van der Waals surface area contributed by atoms with E-state index < -0.39 is 0 Å². The van der Waals surface area contributed by atoms with Gasteiger partial charge in [-0.2, -0.15) is 0 Å². The zero-order valence-electron chi connectivity index (χ0n) is 12.3. The summed E-state index contributed by atoms with van der Waals surface area (Å²) in [6, 6.07) is 2.37. The summed E-state index contributed by atoms with van der Waals surface area (Å²) in [6.45, 7) is 4.65. The standard InChI is InChI=1S/C14H22N2O3.ClH/c1-10-13(14(17)18-3)8-12(19-10)9-16(2)11-4-6-15-7-5-11;/h8,11,15H,4-7,9H2,1-3H3;1H. The lowest BCUT2D eigenvalue weighted by Crippen LogP contribution is -2.40. The monoisotopic (exact) mass is 302 g/mol. The molecular weight excluding hydrogens is 280 g/mol. The first-order valence-electron chi connectivity index (χ1n) is 6.70. The summed E-state index contributed by atoms with van der Waals surface area (Å²) in [7, 11) is 3.49. The largest absolute Gasteiger partial charge is 0.465 e. The fourth-order valence-corrected chi connectivity index (χ4v) is 2.56. The lowest BCUT2D eigenvalue weighted by atomic mass is 10.1. The molecule has 1 aromatic heterocycles. The van der Waals surface area contributed by atoms with Crippen LogP contribution in [0.15, 0.2) is 10.5 Å². The van der Waals surface area contributed by atoms with E-state index in [1.807, 2.05) is 0 Å². The highest BCUT2D eigenvalue weighted by atomic mass is 35.5. The molecule has 0 radical (unpaired) electrons. The first-order chi connectivity index (χ1) is 9.11. The van der Waals surface area contributed by atoms with Gasteiger partial charge in [0.2, 0.25) is 0 Å². The van der Waals surface area contributed by atoms with Crippen LogP contribution in [0.1, 0.15) is 34.7 Å².